The first-order valence-electron chi connectivity index (χ1n) is 9.30. The van der Waals surface area contributed by atoms with Crippen molar-refractivity contribution in [3.8, 4) is 0 Å². The van der Waals surface area contributed by atoms with Crippen LogP contribution in [0.15, 0.2) is 21.3 Å². The normalized spacial score (nSPS) is 52.7. The Morgan fingerprint density at radius 3 is 2.86 bits per heavy atom. The SMILES string of the molecule is [2H]C1([2H])C[C@@]2(C)C(=CC1=O)CC[C@@H]1[C@@H]2CC[C@]2(C)C(I)=CC[C@@H]12. The molecule has 0 radical (unpaired) electrons. The number of allylic oxidation sites excluding steroid dienone is 4. The summed E-state index contributed by atoms with van der Waals surface area (Å²) < 4.78 is 17.9. The van der Waals surface area contributed by atoms with E-state index < -0.39 is 6.37 Å². The van der Waals surface area contributed by atoms with E-state index in [0.717, 1.165) is 12.3 Å². The first kappa shape index (κ1) is 12.3. The van der Waals surface area contributed by atoms with Crippen LogP contribution in [0.2, 0.25) is 0 Å². The van der Waals surface area contributed by atoms with Crippen LogP contribution < -0.4 is 0 Å². The number of carbonyl (C=O) groups excluding carboxylic acids is 1. The maximum absolute atomic E-state index is 12.1. The van der Waals surface area contributed by atoms with Gasteiger partial charge in [-0.1, -0.05) is 25.5 Å². The summed E-state index contributed by atoms with van der Waals surface area (Å²) in [7, 11) is 0. The quantitative estimate of drug-likeness (QED) is 0.496. The molecule has 4 rings (SSSR count). The zero-order chi connectivity index (χ0) is 16.6. The molecular formula is C19H25IO. The minimum atomic E-state index is -1.68. The number of fused-ring (bicyclic) bond motifs is 5. The summed E-state index contributed by atoms with van der Waals surface area (Å²) in [5, 5.41) is 0. The smallest absolute Gasteiger partial charge is 0.155 e. The van der Waals surface area contributed by atoms with Crippen LogP contribution in [0, 0.1) is 28.6 Å². The third-order valence-electron chi connectivity index (χ3n) is 7.16. The summed E-state index contributed by atoms with van der Waals surface area (Å²) >= 11 is 2.54. The number of ketones is 1. The average Bonchev–Trinajstić information content (AvgIpc) is 2.76. The first-order chi connectivity index (χ1) is 10.7. The predicted octanol–water partition coefficient (Wildman–Crippen LogP) is 5.45. The standard InChI is InChI=1S/C19H25IO/c1-18-9-7-13(21)11-12(18)3-4-14-15-5-6-17(20)19(15,2)10-8-16(14)18/h6,11,14-16H,3-5,7-10H2,1-2H3/t14-,15-,16-,18-,19-/m0/s1/i7D2. The van der Waals surface area contributed by atoms with E-state index in [1.807, 2.05) is 0 Å². The van der Waals surface area contributed by atoms with Crippen molar-refractivity contribution >= 4 is 28.4 Å². The van der Waals surface area contributed by atoms with E-state index in [4.69, 9.17) is 2.74 Å². The van der Waals surface area contributed by atoms with Crippen LogP contribution in [0.5, 0.6) is 0 Å². The number of hydrogen-bond donors (Lipinski definition) is 0. The van der Waals surface area contributed by atoms with Crippen LogP contribution in [-0.2, 0) is 4.79 Å². The molecule has 0 heterocycles. The van der Waals surface area contributed by atoms with Crippen molar-refractivity contribution in [2.24, 2.45) is 28.6 Å². The fraction of sp³-hybridized carbons (Fsp3) is 0.737. The maximum Gasteiger partial charge on any atom is 0.155 e. The average molecular weight is 398 g/mol. The Balaban J connectivity index is 1.72. The summed E-state index contributed by atoms with van der Waals surface area (Å²) in [4.78, 5) is 12.1. The molecule has 0 aromatic carbocycles. The van der Waals surface area contributed by atoms with Crippen LogP contribution in [0.1, 0.15) is 61.5 Å². The van der Waals surface area contributed by atoms with Gasteiger partial charge in [0.25, 0.3) is 0 Å². The van der Waals surface area contributed by atoms with Gasteiger partial charge >= 0.3 is 0 Å². The molecule has 0 N–H and O–H groups in total. The van der Waals surface area contributed by atoms with Crippen LogP contribution >= 0.6 is 22.6 Å². The second kappa shape index (κ2) is 4.69. The zero-order valence-corrected chi connectivity index (χ0v) is 15.1. The van der Waals surface area contributed by atoms with Crippen molar-refractivity contribution in [2.75, 3.05) is 0 Å². The molecule has 2 saturated carbocycles. The molecule has 2 fully saturated rings. The molecule has 0 aromatic rings. The van der Waals surface area contributed by atoms with Gasteiger partial charge in [-0.05, 0) is 93.9 Å². The Kier molecular flexibility index (Phi) is 2.75. The highest BCUT2D eigenvalue weighted by Gasteiger charge is 2.56. The van der Waals surface area contributed by atoms with Crippen LogP contribution in [0.4, 0.5) is 0 Å². The van der Waals surface area contributed by atoms with E-state index in [9.17, 15) is 4.79 Å². The Hall–Kier alpha value is -0.120. The third kappa shape index (κ3) is 1.90. The Labute approximate surface area is 144 Å². The fourth-order valence-electron chi connectivity index (χ4n) is 5.80. The highest BCUT2D eigenvalue weighted by Crippen LogP contribution is 2.66. The van der Waals surface area contributed by atoms with Crippen molar-refractivity contribution in [1.82, 2.24) is 0 Å². The monoisotopic (exact) mass is 398 g/mol. The Bertz CT molecular complexity index is 637. The lowest BCUT2D eigenvalue weighted by atomic mass is 9.47. The molecule has 0 aromatic heterocycles. The second-order valence-corrected chi connectivity index (χ2v) is 9.13. The van der Waals surface area contributed by atoms with Gasteiger partial charge in [0.15, 0.2) is 5.78 Å². The van der Waals surface area contributed by atoms with E-state index in [-0.39, 0.29) is 11.2 Å². The van der Waals surface area contributed by atoms with Gasteiger partial charge in [0.2, 0.25) is 0 Å². The summed E-state index contributed by atoms with van der Waals surface area (Å²) in [5.41, 5.74) is 1.47. The number of hydrogen-bond acceptors (Lipinski definition) is 1. The Morgan fingerprint density at radius 1 is 1.24 bits per heavy atom. The molecule has 4 aliphatic carbocycles. The number of carbonyl (C=O) groups is 1. The van der Waals surface area contributed by atoms with E-state index >= 15 is 0 Å². The van der Waals surface area contributed by atoms with Gasteiger partial charge in [-0.15, -0.1) is 0 Å². The lowest BCUT2D eigenvalue weighted by molar-refractivity contribution is -0.117. The number of halogens is 1. The van der Waals surface area contributed by atoms with E-state index in [1.54, 1.807) is 9.66 Å². The predicted molar refractivity (Wildman–Crippen MR) is 94.2 cm³/mol. The molecule has 4 aliphatic rings. The molecule has 0 amide bonds. The van der Waals surface area contributed by atoms with Crippen molar-refractivity contribution in [1.29, 1.82) is 0 Å². The molecule has 0 spiro atoms. The van der Waals surface area contributed by atoms with Gasteiger partial charge in [0, 0.05) is 14.5 Å². The Morgan fingerprint density at radius 2 is 2.05 bits per heavy atom. The molecule has 114 valence electrons. The summed E-state index contributed by atoms with van der Waals surface area (Å²) in [5.74, 6) is 1.64. The third-order valence-corrected chi connectivity index (χ3v) is 8.83. The van der Waals surface area contributed by atoms with Crippen molar-refractivity contribution in [3.63, 3.8) is 0 Å². The summed E-state index contributed by atoms with van der Waals surface area (Å²) in [6.07, 6.45) is 8.57. The van der Waals surface area contributed by atoms with Gasteiger partial charge in [0.1, 0.15) is 0 Å². The first-order valence-corrected chi connectivity index (χ1v) is 9.38. The molecular weight excluding hydrogens is 371 g/mol. The van der Waals surface area contributed by atoms with E-state index in [1.165, 1.54) is 31.3 Å². The van der Waals surface area contributed by atoms with Crippen molar-refractivity contribution in [2.45, 2.75) is 58.7 Å². The molecule has 2 heteroatoms. The minimum Gasteiger partial charge on any atom is -0.295 e. The van der Waals surface area contributed by atoms with Crippen molar-refractivity contribution < 1.29 is 7.54 Å². The summed E-state index contributed by atoms with van der Waals surface area (Å²) in [6, 6.07) is 0. The molecule has 0 unspecified atom stereocenters. The molecule has 0 saturated heterocycles. The highest BCUT2D eigenvalue weighted by molar-refractivity contribution is 14.1. The van der Waals surface area contributed by atoms with Gasteiger partial charge in [0.05, 0.1) is 0 Å². The maximum atomic E-state index is 12.1. The van der Waals surface area contributed by atoms with E-state index in [0.29, 0.717) is 23.7 Å². The fourth-order valence-corrected chi connectivity index (χ4v) is 6.73. The van der Waals surface area contributed by atoms with Crippen molar-refractivity contribution in [3.05, 3.63) is 21.3 Å². The molecule has 1 nitrogen and oxygen atoms in total. The minimum absolute atomic E-state index is 0.115. The lowest BCUT2D eigenvalue weighted by Gasteiger charge is -2.57. The van der Waals surface area contributed by atoms with Crippen LogP contribution in [0.3, 0.4) is 0 Å². The number of rotatable bonds is 0. The topological polar surface area (TPSA) is 17.1 Å². The molecule has 0 bridgehead atoms. The van der Waals surface area contributed by atoms with Gasteiger partial charge in [-0.25, -0.2) is 0 Å². The van der Waals surface area contributed by atoms with Gasteiger partial charge in [-0.2, -0.15) is 0 Å². The highest BCUT2D eigenvalue weighted by atomic mass is 127. The van der Waals surface area contributed by atoms with Crippen LogP contribution in [-0.4, -0.2) is 5.78 Å². The largest absolute Gasteiger partial charge is 0.295 e. The second-order valence-electron chi connectivity index (χ2n) is 7.96. The molecule has 21 heavy (non-hydrogen) atoms. The van der Waals surface area contributed by atoms with Gasteiger partial charge in [-0.3, -0.25) is 4.79 Å². The summed E-state index contributed by atoms with van der Waals surface area (Å²) in [6.45, 7) is 4.69. The van der Waals surface area contributed by atoms with E-state index in [2.05, 4.69) is 42.5 Å². The molecule has 5 atom stereocenters. The van der Waals surface area contributed by atoms with Crippen LogP contribution in [0.25, 0.3) is 0 Å². The molecule has 0 aliphatic heterocycles. The lowest BCUT2D eigenvalue weighted by Crippen LogP contribution is -2.49. The zero-order valence-electron chi connectivity index (χ0n) is 14.9. The van der Waals surface area contributed by atoms with Gasteiger partial charge < -0.3 is 0 Å².